The Labute approximate surface area is 101 Å². The highest BCUT2D eigenvalue weighted by Gasteiger charge is 2.08. The molecular formula is C9H9BrCl2O2. The number of benzene rings is 1. The lowest BCUT2D eigenvalue weighted by Gasteiger charge is -2.09. The largest absolute Gasteiger partial charge is 0.491 e. The van der Waals surface area contributed by atoms with Crippen LogP contribution in [0.3, 0.4) is 0 Å². The third-order valence-electron chi connectivity index (χ3n) is 1.51. The molecule has 0 bridgehead atoms. The molecule has 1 N–H and O–H groups in total. The van der Waals surface area contributed by atoms with Crippen LogP contribution in [0.4, 0.5) is 0 Å². The topological polar surface area (TPSA) is 29.5 Å². The first-order valence-corrected chi connectivity index (χ1v) is 5.58. The lowest BCUT2D eigenvalue weighted by molar-refractivity contribution is 0.233. The summed E-state index contributed by atoms with van der Waals surface area (Å²) in [4.78, 5) is 0. The fourth-order valence-corrected chi connectivity index (χ4v) is 2.27. The van der Waals surface area contributed by atoms with Crippen LogP contribution in [0.2, 0.25) is 10.0 Å². The number of hydrogen-bond donors (Lipinski definition) is 1. The third-order valence-corrected chi connectivity index (χ3v) is 2.60. The highest BCUT2D eigenvalue weighted by atomic mass is 79.9. The van der Waals surface area contributed by atoms with Crippen LogP contribution >= 0.6 is 39.1 Å². The van der Waals surface area contributed by atoms with Crippen LogP contribution in [0.1, 0.15) is 6.42 Å². The van der Waals surface area contributed by atoms with E-state index in [1.54, 1.807) is 12.1 Å². The monoisotopic (exact) mass is 298 g/mol. The van der Waals surface area contributed by atoms with E-state index in [0.717, 1.165) is 0 Å². The van der Waals surface area contributed by atoms with Gasteiger partial charge in [0.05, 0.1) is 16.1 Å². The molecule has 0 aromatic heterocycles. The van der Waals surface area contributed by atoms with Gasteiger partial charge < -0.3 is 9.84 Å². The summed E-state index contributed by atoms with van der Waals surface area (Å²) in [5.74, 6) is 0.560. The molecule has 0 saturated carbocycles. The van der Waals surface area contributed by atoms with Gasteiger partial charge in [-0.25, -0.2) is 0 Å². The van der Waals surface area contributed by atoms with E-state index in [4.69, 9.17) is 33.0 Å². The van der Waals surface area contributed by atoms with E-state index in [2.05, 4.69) is 15.9 Å². The van der Waals surface area contributed by atoms with Crippen molar-refractivity contribution in [2.24, 2.45) is 0 Å². The summed E-state index contributed by atoms with van der Waals surface area (Å²) in [6.07, 6.45) is 0.575. The number of hydrogen-bond acceptors (Lipinski definition) is 2. The summed E-state index contributed by atoms with van der Waals surface area (Å²) in [5, 5.41) is 9.59. The molecule has 0 fully saturated rings. The first-order valence-electron chi connectivity index (χ1n) is 4.03. The van der Waals surface area contributed by atoms with E-state index in [1.165, 1.54) is 0 Å². The van der Waals surface area contributed by atoms with Gasteiger partial charge in [-0.2, -0.15) is 0 Å². The normalized spacial score (nSPS) is 10.3. The zero-order valence-electron chi connectivity index (χ0n) is 7.27. The third kappa shape index (κ3) is 3.31. The maximum atomic E-state index is 8.58. The SMILES string of the molecule is OCCCOc1c(Cl)cc(Cl)cc1Br. The molecule has 78 valence electrons. The molecule has 0 aliphatic carbocycles. The van der Waals surface area contributed by atoms with Gasteiger partial charge in [-0.05, 0) is 28.1 Å². The predicted octanol–water partition coefficient (Wildman–Crippen LogP) is 3.52. The summed E-state index contributed by atoms with van der Waals surface area (Å²) in [7, 11) is 0. The highest BCUT2D eigenvalue weighted by molar-refractivity contribution is 9.10. The molecule has 2 nitrogen and oxygen atoms in total. The zero-order chi connectivity index (χ0) is 10.6. The molecule has 0 amide bonds. The van der Waals surface area contributed by atoms with E-state index in [9.17, 15) is 0 Å². The van der Waals surface area contributed by atoms with Crippen molar-refractivity contribution in [3.63, 3.8) is 0 Å². The standard InChI is InChI=1S/C9H9BrCl2O2/c10-7-4-6(11)5-8(12)9(7)14-3-1-2-13/h4-5,13H,1-3H2. The van der Waals surface area contributed by atoms with Gasteiger partial charge in [-0.3, -0.25) is 0 Å². The van der Waals surface area contributed by atoms with Crippen molar-refractivity contribution >= 4 is 39.1 Å². The van der Waals surface area contributed by atoms with Crippen molar-refractivity contribution in [1.82, 2.24) is 0 Å². The quantitative estimate of drug-likeness (QED) is 0.862. The fourth-order valence-electron chi connectivity index (χ4n) is 0.906. The summed E-state index contributed by atoms with van der Waals surface area (Å²) >= 11 is 15.0. The minimum Gasteiger partial charge on any atom is -0.491 e. The Morgan fingerprint density at radius 1 is 1.36 bits per heavy atom. The highest BCUT2D eigenvalue weighted by Crippen LogP contribution is 2.35. The molecule has 0 radical (unpaired) electrons. The van der Waals surface area contributed by atoms with E-state index < -0.39 is 0 Å². The minimum absolute atomic E-state index is 0.100. The Balaban J connectivity index is 2.75. The van der Waals surface area contributed by atoms with Gasteiger partial charge in [0.15, 0.2) is 5.75 Å². The number of aliphatic hydroxyl groups is 1. The van der Waals surface area contributed by atoms with Gasteiger partial charge in [-0.1, -0.05) is 23.2 Å². The molecule has 1 rings (SSSR count). The van der Waals surface area contributed by atoms with Crippen LogP contribution in [0.25, 0.3) is 0 Å². The Hall–Kier alpha value is 0.0400. The van der Waals surface area contributed by atoms with Crippen LogP contribution < -0.4 is 4.74 Å². The lowest BCUT2D eigenvalue weighted by Crippen LogP contribution is -2.00. The maximum absolute atomic E-state index is 8.58. The van der Waals surface area contributed by atoms with Crippen molar-refractivity contribution in [1.29, 1.82) is 0 Å². The Bertz CT molecular complexity index is 295. The smallest absolute Gasteiger partial charge is 0.152 e. The molecule has 0 heterocycles. The summed E-state index contributed by atoms with van der Waals surface area (Å²) in [6.45, 7) is 0.527. The van der Waals surface area contributed by atoms with E-state index in [1.807, 2.05) is 0 Å². The molecule has 0 aliphatic heterocycles. The second-order valence-corrected chi connectivity index (χ2v) is 4.32. The van der Waals surface area contributed by atoms with Crippen LogP contribution in [0, 0.1) is 0 Å². The Morgan fingerprint density at radius 2 is 2.07 bits per heavy atom. The fraction of sp³-hybridized carbons (Fsp3) is 0.333. The van der Waals surface area contributed by atoms with Crippen molar-refractivity contribution < 1.29 is 9.84 Å². The van der Waals surface area contributed by atoms with Crippen molar-refractivity contribution in [3.05, 3.63) is 26.7 Å². The Kier molecular flexibility index (Phi) is 5.02. The molecule has 1 aromatic rings. The summed E-state index contributed by atoms with van der Waals surface area (Å²) < 4.78 is 6.08. The molecule has 0 spiro atoms. The van der Waals surface area contributed by atoms with Gasteiger partial charge >= 0.3 is 0 Å². The summed E-state index contributed by atoms with van der Waals surface area (Å²) in [6, 6.07) is 3.32. The minimum atomic E-state index is 0.100. The van der Waals surface area contributed by atoms with Crippen LogP contribution in [-0.4, -0.2) is 18.3 Å². The van der Waals surface area contributed by atoms with Gasteiger partial charge in [-0.15, -0.1) is 0 Å². The molecule has 5 heteroatoms. The molecular weight excluding hydrogens is 291 g/mol. The molecule has 1 aromatic carbocycles. The number of ether oxygens (including phenoxy) is 1. The van der Waals surface area contributed by atoms with Crippen molar-refractivity contribution in [3.8, 4) is 5.75 Å². The van der Waals surface area contributed by atoms with Crippen molar-refractivity contribution in [2.75, 3.05) is 13.2 Å². The molecule has 0 unspecified atom stereocenters. The van der Waals surface area contributed by atoms with Gasteiger partial charge in [0.1, 0.15) is 0 Å². The summed E-state index contributed by atoms with van der Waals surface area (Å²) in [5.41, 5.74) is 0. The average molecular weight is 300 g/mol. The molecule has 0 atom stereocenters. The predicted molar refractivity (Wildman–Crippen MR) is 61.4 cm³/mol. The Morgan fingerprint density at radius 3 is 2.64 bits per heavy atom. The number of halogens is 3. The second kappa shape index (κ2) is 5.81. The van der Waals surface area contributed by atoms with Gasteiger partial charge in [0.2, 0.25) is 0 Å². The average Bonchev–Trinajstić information content (AvgIpc) is 2.09. The lowest BCUT2D eigenvalue weighted by atomic mass is 10.3. The van der Waals surface area contributed by atoms with E-state index >= 15 is 0 Å². The van der Waals surface area contributed by atoms with E-state index in [-0.39, 0.29) is 6.61 Å². The number of aliphatic hydroxyl groups excluding tert-OH is 1. The number of rotatable bonds is 4. The zero-order valence-corrected chi connectivity index (χ0v) is 10.4. The second-order valence-electron chi connectivity index (χ2n) is 2.62. The maximum Gasteiger partial charge on any atom is 0.152 e. The van der Waals surface area contributed by atoms with E-state index in [0.29, 0.717) is 33.3 Å². The molecule has 0 aliphatic rings. The van der Waals surface area contributed by atoms with Crippen LogP contribution in [0.5, 0.6) is 5.75 Å². The first-order chi connectivity index (χ1) is 6.65. The van der Waals surface area contributed by atoms with Crippen LogP contribution in [0.15, 0.2) is 16.6 Å². The van der Waals surface area contributed by atoms with Gasteiger partial charge in [0.25, 0.3) is 0 Å². The molecule has 14 heavy (non-hydrogen) atoms. The van der Waals surface area contributed by atoms with Crippen molar-refractivity contribution in [2.45, 2.75) is 6.42 Å². The van der Waals surface area contributed by atoms with Gasteiger partial charge in [0, 0.05) is 18.1 Å². The van der Waals surface area contributed by atoms with Crippen LogP contribution in [-0.2, 0) is 0 Å². The molecule has 0 saturated heterocycles. The first kappa shape index (κ1) is 12.1.